The molecule has 0 aliphatic heterocycles. The molecule has 0 aromatic carbocycles. The summed E-state index contributed by atoms with van der Waals surface area (Å²) in [5, 5.41) is 1.24. The van der Waals surface area contributed by atoms with Crippen LogP contribution in [0.4, 0.5) is 0 Å². The van der Waals surface area contributed by atoms with Crippen molar-refractivity contribution in [2.24, 2.45) is 5.41 Å². The topological polar surface area (TPSA) is 30.0 Å². The molecular formula is C15H21NOS. The van der Waals surface area contributed by atoms with Crippen LogP contribution in [0.1, 0.15) is 78.7 Å². The Morgan fingerprint density at radius 2 is 1.89 bits per heavy atom. The number of nitrogens with zero attached hydrogens (tertiary/aromatic N) is 1. The van der Waals surface area contributed by atoms with Crippen LogP contribution in [0.2, 0.25) is 0 Å². The van der Waals surface area contributed by atoms with E-state index in [1.807, 2.05) is 0 Å². The molecule has 0 N–H and O–H groups in total. The molecule has 2 nitrogen and oxygen atoms in total. The molecule has 2 aliphatic rings. The Morgan fingerprint density at radius 3 is 2.61 bits per heavy atom. The number of Topliss-reactive ketones (excluding diaryl/α,β-unsaturated/α-hetero) is 1. The Labute approximate surface area is 113 Å². The first-order valence-electron chi connectivity index (χ1n) is 7.08. The van der Waals surface area contributed by atoms with Crippen molar-refractivity contribution in [2.45, 2.75) is 64.7 Å². The highest BCUT2D eigenvalue weighted by atomic mass is 32.1. The monoisotopic (exact) mass is 263 g/mol. The molecule has 0 radical (unpaired) electrons. The van der Waals surface area contributed by atoms with E-state index >= 15 is 0 Å². The quantitative estimate of drug-likeness (QED) is 0.754. The molecular weight excluding hydrogens is 242 g/mol. The van der Waals surface area contributed by atoms with E-state index < -0.39 is 0 Å². The summed E-state index contributed by atoms with van der Waals surface area (Å²) in [6.07, 6.45) is 8.22. The van der Waals surface area contributed by atoms with Gasteiger partial charge in [-0.25, -0.2) is 4.98 Å². The molecule has 2 aliphatic carbocycles. The molecule has 1 heterocycles. The van der Waals surface area contributed by atoms with Gasteiger partial charge in [0.05, 0.1) is 15.6 Å². The Morgan fingerprint density at radius 1 is 1.17 bits per heavy atom. The average molecular weight is 263 g/mol. The number of hydrogen-bond acceptors (Lipinski definition) is 3. The van der Waals surface area contributed by atoms with Gasteiger partial charge in [0.15, 0.2) is 5.78 Å². The largest absolute Gasteiger partial charge is 0.293 e. The van der Waals surface area contributed by atoms with Crippen LogP contribution in [0.25, 0.3) is 0 Å². The van der Waals surface area contributed by atoms with E-state index in [-0.39, 0.29) is 5.41 Å². The summed E-state index contributed by atoms with van der Waals surface area (Å²) < 4.78 is 0. The third-order valence-electron chi connectivity index (χ3n) is 4.21. The van der Waals surface area contributed by atoms with Gasteiger partial charge in [0.1, 0.15) is 0 Å². The van der Waals surface area contributed by atoms with Gasteiger partial charge in [0.25, 0.3) is 0 Å². The molecule has 98 valence electrons. The predicted molar refractivity (Wildman–Crippen MR) is 74.4 cm³/mol. The summed E-state index contributed by atoms with van der Waals surface area (Å²) in [5.41, 5.74) is 1.18. The van der Waals surface area contributed by atoms with Crippen LogP contribution in [-0.4, -0.2) is 10.8 Å². The van der Waals surface area contributed by atoms with Gasteiger partial charge in [0.2, 0.25) is 0 Å². The zero-order valence-electron chi connectivity index (χ0n) is 11.3. The summed E-state index contributed by atoms with van der Waals surface area (Å²) >= 11 is 1.69. The SMILES string of the molecule is CC1(C)CC(=O)c2sc(C3CCCCC3)nc2C1. The molecule has 1 aromatic rings. The number of carbonyl (C=O) groups excluding carboxylic acids is 1. The van der Waals surface area contributed by atoms with E-state index in [0.29, 0.717) is 18.1 Å². The van der Waals surface area contributed by atoms with Crippen LogP contribution in [-0.2, 0) is 6.42 Å². The molecule has 1 aromatic heterocycles. The van der Waals surface area contributed by atoms with Gasteiger partial charge in [-0.05, 0) is 24.7 Å². The summed E-state index contributed by atoms with van der Waals surface area (Å²) in [5.74, 6) is 0.950. The number of ketones is 1. The van der Waals surface area contributed by atoms with E-state index in [9.17, 15) is 4.79 Å². The highest BCUT2D eigenvalue weighted by Crippen LogP contribution is 2.41. The summed E-state index contributed by atoms with van der Waals surface area (Å²) in [4.78, 5) is 18.0. The van der Waals surface area contributed by atoms with Gasteiger partial charge >= 0.3 is 0 Å². The van der Waals surface area contributed by atoms with Crippen molar-refractivity contribution < 1.29 is 4.79 Å². The molecule has 1 saturated carbocycles. The van der Waals surface area contributed by atoms with E-state index in [0.717, 1.165) is 17.0 Å². The van der Waals surface area contributed by atoms with Crippen molar-refractivity contribution in [3.8, 4) is 0 Å². The molecule has 3 heteroatoms. The fourth-order valence-corrected chi connectivity index (χ4v) is 4.45. The third kappa shape index (κ3) is 2.25. The minimum atomic E-state index is 0.0992. The maximum Gasteiger partial charge on any atom is 0.175 e. The smallest absolute Gasteiger partial charge is 0.175 e. The molecule has 0 saturated heterocycles. The zero-order chi connectivity index (χ0) is 12.8. The predicted octanol–water partition coefficient (Wildman–Crippen LogP) is 4.35. The van der Waals surface area contributed by atoms with Crippen molar-refractivity contribution in [1.82, 2.24) is 4.98 Å². The van der Waals surface area contributed by atoms with Crippen LogP contribution in [0.5, 0.6) is 0 Å². The lowest BCUT2D eigenvalue weighted by Gasteiger charge is -2.26. The van der Waals surface area contributed by atoms with E-state index in [1.54, 1.807) is 11.3 Å². The molecule has 0 atom stereocenters. The molecule has 0 amide bonds. The lowest BCUT2D eigenvalue weighted by atomic mass is 9.78. The second-order valence-corrected chi connectivity index (χ2v) is 7.63. The summed E-state index contributed by atoms with van der Waals surface area (Å²) in [6, 6.07) is 0. The van der Waals surface area contributed by atoms with Crippen molar-refractivity contribution in [1.29, 1.82) is 0 Å². The molecule has 3 rings (SSSR count). The van der Waals surface area contributed by atoms with Crippen molar-refractivity contribution in [3.05, 3.63) is 15.6 Å². The Kier molecular flexibility index (Phi) is 3.05. The van der Waals surface area contributed by atoms with Crippen LogP contribution in [0.3, 0.4) is 0 Å². The second-order valence-electron chi connectivity index (χ2n) is 6.60. The molecule has 0 spiro atoms. The Balaban J connectivity index is 1.90. The first kappa shape index (κ1) is 12.3. The minimum absolute atomic E-state index is 0.0992. The minimum Gasteiger partial charge on any atom is -0.293 e. The van der Waals surface area contributed by atoms with E-state index in [1.165, 1.54) is 37.1 Å². The molecule has 18 heavy (non-hydrogen) atoms. The fraction of sp³-hybridized carbons (Fsp3) is 0.733. The number of carbonyl (C=O) groups is 1. The van der Waals surface area contributed by atoms with Crippen molar-refractivity contribution in [3.63, 3.8) is 0 Å². The van der Waals surface area contributed by atoms with Gasteiger partial charge in [-0.15, -0.1) is 11.3 Å². The van der Waals surface area contributed by atoms with Gasteiger partial charge in [0, 0.05) is 12.3 Å². The number of fused-ring (bicyclic) bond motifs is 1. The maximum atomic E-state index is 12.2. The number of thiazole rings is 1. The van der Waals surface area contributed by atoms with Crippen LogP contribution in [0, 0.1) is 5.41 Å². The zero-order valence-corrected chi connectivity index (χ0v) is 12.1. The lowest BCUT2D eigenvalue weighted by molar-refractivity contribution is 0.0916. The van der Waals surface area contributed by atoms with E-state index in [2.05, 4.69) is 13.8 Å². The molecule has 0 bridgehead atoms. The summed E-state index contributed by atoms with van der Waals surface area (Å²) in [7, 11) is 0. The van der Waals surface area contributed by atoms with Gasteiger partial charge < -0.3 is 0 Å². The van der Waals surface area contributed by atoms with Crippen molar-refractivity contribution >= 4 is 17.1 Å². The van der Waals surface area contributed by atoms with Crippen LogP contribution in [0.15, 0.2) is 0 Å². The van der Waals surface area contributed by atoms with Crippen molar-refractivity contribution in [2.75, 3.05) is 0 Å². The van der Waals surface area contributed by atoms with Gasteiger partial charge in [-0.3, -0.25) is 4.79 Å². The van der Waals surface area contributed by atoms with Crippen LogP contribution < -0.4 is 0 Å². The van der Waals surface area contributed by atoms with Gasteiger partial charge in [-0.1, -0.05) is 33.1 Å². The van der Waals surface area contributed by atoms with Crippen LogP contribution >= 0.6 is 11.3 Å². The molecule has 0 unspecified atom stereocenters. The normalized spacial score (nSPS) is 24.0. The highest BCUT2D eigenvalue weighted by molar-refractivity contribution is 7.14. The summed E-state index contributed by atoms with van der Waals surface area (Å²) in [6.45, 7) is 4.35. The number of aromatic nitrogens is 1. The average Bonchev–Trinajstić information content (AvgIpc) is 2.72. The Hall–Kier alpha value is -0.700. The first-order valence-corrected chi connectivity index (χ1v) is 7.90. The fourth-order valence-electron chi connectivity index (χ4n) is 3.26. The second kappa shape index (κ2) is 4.44. The third-order valence-corrected chi connectivity index (χ3v) is 5.51. The Bertz CT molecular complexity index is 469. The first-order chi connectivity index (χ1) is 8.55. The molecule has 1 fully saturated rings. The highest BCUT2D eigenvalue weighted by Gasteiger charge is 2.34. The standard InChI is InChI=1S/C15H21NOS/c1-15(2)8-11-13(12(17)9-15)18-14(16-11)10-6-4-3-5-7-10/h10H,3-9H2,1-2H3. The maximum absolute atomic E-state index is 12.2. The number of hydrogen-bond donors (Lipinski definition) is 0. The van der Waals surface area contributed by atoms with Gasteiger partial charge in [-0.2, -0.15) is 0 Å². The van der Waals surface area contributed by atoms with E-state index in [4.69, 9.17) is 4.98 Å². The lowest BCUT2D eigenvalue weighted by Crippen LogP contribution is -2.26. The number of rotatable bonds is 1.